The Morgan fingerprint density at radius 2 is 2.10 bits per heavy atom. The molecule has 0 aromatic carbocycles. The van der Waals surface area contributed by atoms with E-state index in [-0.39, 0.29) is 31.4 Å². The van der Waals surface area contributed by atoms with E-state index in [1.54, 1.807) is 12.3 Å². The summed E-state index contributed by atoms with van der Waals surface area (Å²) < 4.78 is 35.1. The molecule has 1 aliphatic carbocycles. The summed E-state index contributed by atoms with van der Waals surface area (Å²) in [5.41, 5.74) is 2.84. The van der Waals surface area contributed by atoms with Crippen LogP contribution in [0.15, 0.2) is 12.3 Å². The molecule has 1 saturated heterocycles. The molecule has 2 unspecified atom stereocenters. The lowest BCUT2D eigenvalue weighted by atomic mass is 10.0. The number of aromatic nitrogens is 1. The van der Waals surface area contributed by atoms with Crippen molar-refractivity contribution in [2.75, 3.05) is 25.3 Å². The van der Waals surface area contributed by atoms with Gasteiger partial charge in [-0.1, -0.05) is 11.8 Å². The molecule has 3 heterocycles. The minimum Gasteiger partial charge on any atom is -0.450 e. The van der Waals surface area contributed by atoms with Crippen molar-refractivity contribution in [3.8, 4) is 23.7 Å². The van der Waals surface area contributed by atoms with Gasteiger partial charge in [0.25, 0.3) is 5.91 Å². The second-order valence-electron chi connectivity index (χ2n) is 10.6. The second kappa shape index (κ2) is 12.3. The predicted octanol–water partition coefficient (Wildman–Crippen LogP) is 2.48. The number of carboxylic acid groups (broad SMARTS) is 1. The summed E-state index contributed by atoms with van der Waals surface area (Å²) in [4.78, 5) is 43.5. The van der Waals surface area contributed by atoms with Gasteiger partial charge in [0.2, 0.25) is 0 Å². The standard InChI is InChI=1S/C27H32ClN3O9S/c1-26(41(2,36)37,23(32)29-40-22-8-4-6-14-38-22)12-13-30-18-20-15-19(17-31(20)24(30)33)7-3-5-9-27(10-11-27)21(16-28)39-25(34)35/h15,17,21-22H,4,6,8,10-14,16,18H2,1-2H3,(H,29,32)(H,34,35)/t21?,22?,26-/m1/s1. The maximum atomic E-state index is 13.0. The number of nitrogens with zero attached hydrogens (tertiary/aromatic N) is 2. The van der Waals surface area contributed by atoms with Crippen LogP contribution in [0.3, 0.4) is 0 Å². The summed E-state index contributed by atoms with van der Waals surface area (Å²) >= 11 is 5.85. The zero-order chi connectivity index (χ0) is 29.8. The van der Waals surface area contributed by atoms with Gasteiger partial charge in [-0.15, -0.1) is 11.6 Å². The number of amides is 2. The smallest absolute Gasteiger partial charge is 0.450 e. The molecule has 0 radical (unpaired) electrons. The lowest BCUT2D eigenvalue weighted by Crippen LogP contribution is -2.52. The van der Waals surface area contributed by atoms with Crippen molar-refractivity contribution < 1.29 is 42.2 Å². The van der Waals surface area contributed by atoms with Gasteiger partial charge in [0, 0.05) is 43.3 Å². The van der Waals surface area contributed by atoms with Gasteiger partial charge in [-0.25, -0.2) is 28.3 Å². The largest absolute Gasteiger partial charge is 0.506 e. The first-order valence-corrected chi connectivity index (χ1v) is 15.6. The van der Waals surface area contributed by atoms with Crippen molar-refractivity contribution in [3.05, 3.63) is 23.5 Å². The Morgan fingerprint density at radius 1 is 1.34 bits per heavy atom. The highest BCUT2D eigenvalue weighted by Crippen LogP contribution is 2.49. The third kappa shape index (κ3) is 6.99. The molecule has 12 nitrogen and oxygen atoms in total. The summed E-state index contributed by atoms with van der Waals surface area (Å²) in [7, 11) is -3.87. The molecule has 2 N–H and O–H groups in total. The maximum Gasteiger partial charge on any atom is 0.506 e. The van der Waals surface area contributed by atoms with Crippen LogP contribution in [0.4, 0.5) is 9.59 Å². The number of rotatable bonds is 10. The fourth-order valence-electron chi connectivity index (χ4n) is 4.65. The number of sulfone groups is 1. The lowest BCUT2D eigenvalue weighted by Gasteiger charge is -2.29. The van der Waals surface area contributed by atoms with E-state index in [1.165, 1.54) is 16.4 Å². The summed E-state index contributed by atoms with van der Waals surface area (Å²) in [6, 6.07) is 1.37. The first-order chi connectivity index (χ1) is 19.4. The first-order valence-electron chi connectivity index (χ1n) is 13.1. The molecule has 2 fully saturated rings. The Hall–Kier alpha value is -3.23. The van der Waals surface area contributed by atoms with Crippen molar-refractivity contribution in [1.82, 2.24) is 14.9 Å². The van der Waals surface area contributed by atoms with E-state index >= 15 is 0 Å². The van der Waals surface area contributed by atoms with Gasteiger partial charge in [-0.2, -0.15) is 0 Å². The normalized spacial score (nSPS) is 21.3. The molecule has 3 aliphatic rings. The Labute approximate surface area is 243 Å². The van der Waals surface area contributed by atoms with Gasteiger partial charge in [-0.3, -0.25) is 9.36 Å². The molecule has 1 aromatic rings. The van der Waals surface area contributed by atoms with Gasteiger partial charge >= 0.3 is 12.2 Å². The topological polar surface area (TPSA) is 153 Å². The molecule has 0 bridgehead atoms. The molecule has 41 heavy (non-hydrogen) atoms. The van der Waals surface area contributed by atoms with Crippen LogP contribution < -0.4 is 5.48 Å². The molecule has 14 heteroatoms. The molecule has 1 saturated carbocycles. The monoisotopic (exact) mass is 609 g/mol. The quantitative estimate of drug-likeness (QED) is 0.176. The van der Waals surface area contributed by atoms with E-state index in [2.05, 4.69) is 29.2 Å². The summed E-state index contributed by atoms with van der Waals surface area (Å²) in [6.07, 6.45) is 3.34. The SMILES string of the molecule is C[C@@](CCN1Cc2cc(C#CC#CC3(C(CCl)OC(=O)O)CC3)cn2C1=O)(C(=O)NOC1CCCCO1)S(C)(=O)=O. The fourth-order valence-corrected chi connectivity index (χ4v) is 5.85. The number of hydrogen-bond acceptors (Lipinski definition) is 8. The zero-order valence-corrected chi connectivity index (χ0v) is 24.3. The molecule has 2 aliphatic heterocycles. The van der Waals surface area contributed by atoms with Crippen LogP contribution in [0.1, 0.15) is 56.7 Å². The van der Waals surface area contributed by atoms with E-state index in [0.717, 1.165) is 19.1 Å². The third-order valence-electron chi connectivity index (χ3n) is 7.68. The Morgan fingerprint density at radius 3 is 2.68 bits per heavy atom. The Kier molecular flexibility index (Phi) is 9.24. The lowest BCUT2D eigenvalue weighted by molar-refractivity contribution is -0.201. The minimum atomic E-state index is -3.87. The average molecular weight is 610 g/mol. The fraction of sp³-hybridized carbons (Fsp3) is 0.593. The highest BCUT2D eigenvalue weighted by molar-refractivity contribution is 7.92. The number of ether oxygens (including phenoxy) is 2. The predicted molar refractivity (Wildman–Crippen MR) is 146 cm³/mol. The first kappa shape index (κ1) is 30.7. The van der Waals surface area contributed by atoms with Crippen LogP contribution in [0.2, 0.25) is 0 Å². The van der Waals surface area contributed by atoms with Gasteiger partial charge in [-0.05, 0) is 56.9 Å². The minimum absolute atomic E-state index is 0.00353. The number of halogens is 1. The third-order valence-corrected chi connectivity index (χ3v) is 9.98. The van der Waals surface area contributed by atoms with Gasteiger partial charge in [0.15, 0.2) is 20.9 Å². The van der Waals surface area contributed by atoms with Crippen LogP contribution in [0.5, 0.6) is 0 Å². The number of nitrogens with one attached hydrogen (secondary N) is 1. The van der Waals surface area contributed by atoms with Crippen LogP contribution in [-0.4, -0.2) is 83.5 Å². The molecular formula is C27H32ClN3O9S. The molecule has 0 spiro atoms. The van der Waals surface area contributed by atoms with E-state index in [9.17, 15) is 22.8 Å². The maximum absolute atomic E-state index is 13.0. The molecule has 222 valence electrons. The van der Waals surface area contributed by atoms with E-state index in [4.69, 9.17) is 31.0 Å². The summed E-state index contributed by atoms with van der Waals surface area (Å²) in [5, 5.41) is 8.88. The molecule has 3 atom stereocenters. The van der Waals surface area contributed by atoms with Crippen LogP contribution >= 0.6 is 11.6 Å². The van der Waals surface area contributed by atoms with Crippen LogP contribution in [-0.2, 0) is 35.5 Å². The summed E-state index contributed by atoms with van der Waals surface area (Å²) in [6.45, 7) is 2.05. The van der Waals surface area contributed by atoms with Crippen molar-refractivity contribution in [2.45, 2.75) is 69.1 Å². The second-order valence-corrected chi connectivity index (χ2v) is 13.3. The van der Waals surface area contributed by atoms with Crippen molar-refractivity contribution in [2.24, 2.45) is 5.41 Å². The number of carbonyl (C=O) groups excluding carboxylic acids is 2. The van der Waals surface area contributed by atoms with Crippen molar-refractivity contribution in [3.63, 3.8) is 0 Å². The van der Waals surface area contributed by atoms with Crippen LogP contribution in [0.25, 0.3) is 0 Å². The highest BCUT2D eigenvalue weighted by Gasteiger charge is 2.50. The molecular weight excluding hydrogens is 578 g/mol. The van der Waals surface area contributed by atoms with E-state index in [1.807, 2.05) is 0 Å². The van der Waals surface area contributed by atoms with Gasteiger partial charge < -0.3 is 19.5 Å². The molecule has 4 rings (SSSR count). The number of alkyl halides is 1. The highest BCUT2D eigenvalue weighted by atomic mass is 35.5. The van der Waals surface area contributed by atoms with E-state index in [0.29, 0.717) is 37.1 Å². The molecule has 1 aromatic heterocycles. The number of hydrogen-bond donors (Lipinski definition) is 2. The zero-order valence-electron chi connectivity index (χ0n) is 22.8. The van der Waals surface area contributed by atoms with Gasteiger partial charge in [0.05, 0.1) is 17.8 Å². The Bertz CT molecular complexity index is 1420. The van der Waals surface area contributed by atoms with Crippen molar-refractivity contribution in [1.29, 1.82) is 0 Å². The average Bonchev–Trinajstić information content (AvgIpc) is 3.52. The number of carbonyl (C=O) groups is 3. The molecule has 2 amide bonds. The van der Waals surface area contributed by atoms with Gasteiger partial charge in [0.1, 0.15) is 6.10 Å². The van der Waals surface area contributed by atoms with Crippen molar-refractivity contribution >= 4 is 39.5 Å². The number of hydroxylamine groups is 1. The Balaban J connectivity index is 1.35. The number of fused-ring (bicyclic) bond motifs is 1. The van der Waals surface area contributed by atoms with Crippen LogP contribution in [0, 0.1) is 29.1 Å². The summed E-state index contributed by atoms with van der Waals surface area (Å²) in [5.74, 6) is 10.5. The van der Waals surface area contributed by atoms with E-state index < -0.39 is 44.5 Å².